The van der Waals surface area contributed by atoms with Crippen molar-refractivity contribution < 1.29 is 9.53 Å². The Morgan fingerprint density at radius 1 is 0.614 bits per heavy atom. The van der Waals surface area contributed by atoms with Crippen LogP contribution in [0.25, 0.3) is 0 Å². The number of aliphatic imine (C=N–C) groups is 1. The molecule has 0 aliphatic carbocycles. The first-order chi connectivity index (χ1) is 21.8. The van der Waals surface area contributed by atoms with E-state index in [4.69, 9.17) is 9.73 Å². The van der Waals surface area contributed by atoms with Gasteiger partial charge in [0, 0.05) is 19.4 Å². The lowest BCUT2D eigenvalue weighted by Gasteiger charge is -2.20. The van der Waals surface area contributed by atoms with E-state index < -0.39 is 0 Å². The highest BCUT2D eigenvalue weighted by Crippen LogP contribution is 2.14. The van der Waals surface area contributed by atoms with E-state index in [0.717, 1.165) is 38.9 Å². The van der Waals surface area contributed by atoms with Gasteiger partial charge in [0.1, 0.15) is 6.61 Å². The van der Waals surface area contributed by atoms with E-state index >= 15 is 0 Å². The normalized spacial score (nSPS) is 13.5. The number of nitrogens with zero attached hydrogens (tertiary/aromatic N) is 2. The van der Waals surface area contributed by atoms with Gasteiger partial charge in [0.2, 0.25) is 0 Å². The first-order valence-electron chi connectivity index (χ1n) is 19.5. The van der Waals surface area contributed by atoms with E-state index in [1.807, 2.05) is 0 Å². The molecule has 0 atom stereocenters. The predicted octanol–water partition coefficient (Wildman–Crippen LogP) is 12.3. The molecule has 0 N–H and O–H groups in total. The Bertz CT molecular complexity index is 714. The Kier molecular flexibility index (Phi) is 30.2. The van der Waals surface area contributed by atoms with Crippen LogP contribution >= 0.6 is 0 Å². The quantitative estimate of drug-likeness (QED) is 0.0419. The number of amidine groups is 1. The van der Waals surface area contributed by atoms with Gasteiger partial charge in [0.25, 0.3) is 0 Å². The van der Waals surface area contributed by atoms with E-state index in [2.05, 4.69) is 43.1 Å². The average Bonchev–Trinajstić information content (AvgIpc) is 3.48. The summed E-state index contributed by atoms with van der Waals surface area (Å²) in [6.45, 7) is 7.72. The Morgan fingerprint density at radius 3 is 1.55 bits per heavy atom. The molecule has 44 heavy (non-hydrogen) atoms. The van der Waals surface area contributed by atoms with E-state index in [9.17, 15) is 4.79 Å². The summed E-state index contributed by atoms with van der Waals surface area (Å²) < 4.78 is 5.55. The topological polar surface area (TPSA) is 41.9 Å². The number of unbranched alkanes of at least 4 members (excludes halogenated alkanes) is 22. The number of hydrogen-bond donors (Lipinski definition) is 0. The number of carbonyl (C=O) groups excluding carboxylic acids is 1. The first-order valence-corrected chi connectivity index (χ1v) is 19.5. The van der Waals surface area contributed by atoms with Gasteiger partial charge in [-0.05, 0) is 64.2 Å². The molecular formula is C40H74N2O2. The zero-order valence-corrected chi connectivity index (χ0v) is 29.6. The van der Waals surface area contributed by atoms with E-state index in [1.54, 1.807) is 0 Å². The van der Waals surface area contributed by atoms with Gasteiger partial charge >= 0.3 is 5.97 Å². The van der Waals surface area contributed by atoms with Crippen LogP contribution < -0.4 is 0 Å². The van der Waals surface area contributed by atoms with Crippen molar-refractivity contribution in [2.24, 2.45) is 4.99 Å². The summed E-state index contributed by atoms with van der Waals surface area (Å²) in [6, 6.07) is 0. The SMILES string of the molecule is CCCCCCCC/C=C\CCCCCCCC(=O)OCCN1CCN=C1CCCCCCC/C=C\CCCCCCCC. The highest BCUT2D eigenvalue weighted by atomic mass is 16.5. The summed E-state index contributed by atoms with van der Waals surface area (Å²) in [6.07, 6.45) is 45.1. The van der Waals surface area contributed by atoms with Crippen LogP contribution in [-0.2, 0) is 9.53 Å². The van der Waals surface area contributed by atoms with Gasteiger partial charge in [-0.15, -0.1) is 0 Å². The number of ether oxygens (including phenoxy) is 1. The molecule has 0 saturated heterocycles. The van der Waals surface area contributed by atoms with Crippen molar-refractivity contribution in [2.75, 3.05) is 26.2 Å². The van der Waals surface area contributed by atoms with Gasteiger partial charge in [0.15, 0.2) is 0 Å². The molecule has 256 valence electrons. The van der Waals surface area contributed by atoms with Crippen molar-refractivity contribution in [3.8, 4) is 0 Å². The molecule has 1 aliphatic rings. The van der Waals surface area contributed by atoms with Crippen LogP contribution in [0.3, 0.4) is 0 Å². The minimum Gasteiger partial charge on any atom is -0.464 e. The molecule has 1 aliphatic heterocycles. The van der Waals surface area contributed by atoms with Gasteiger partial charge in [-0.3, -0.25) is 9.79 Å². The summed E-state index contributed by atoms with van der Waals surface area (Å²) in [5.41, 5.74) is 0. The van der Waals surface area contributed by atoms with E-state index in [0.29, 0.717) is 13.0 Å². The molecule has 0 radical (unpaired) electrons. The molecule has 0 saturated carbocycles. The average molecular weight is 615 g/mol. The highest BCUT2D eigenvalue weighted by molar-refractivity contribution is 5.83. The first kappa shape index (κ1) is 40.4. The third kappa shape index (κ3) is 26.8. The minimum absolute atomic E-state index is 0.0300. The Morgan fingerprint density at radius 2 is 1.05 bits per heavy atom. The molecule has 1 rings (SSSR count). The molecule has 0 aromatic heterocycles. The Labute approximate surface area is 275 Å². The Balaban J connectivity index is 1.88. The second kappa shape index (κ2) is 32.8. The lowest BCUT2D eigenvalue weighted by molar-refractivity contribution is -0.143. The molecule has 0 fully saturated rings. The molecule has 0 aromatic rings. The fourth-order valence-electron chi connectivity index (χ4n) is 6.04. The Hall–Kier alpha value is -1.58. The molecule has 0 spiro atoms. The van der Waals surface area contributed by atoms with Crippen molar-refractivity contribution in [3.05, 3.63) is 24.3 Å². The number of carbonyl (C=O) groups is 1. The van der Waals surface area contributed by atoms with Crippen molar-refractivity contribution in [2.45, 2.75) is 194 Å². The second-order valence-electron chi connectivity index (χ2n) is 13.2. The second-order valence-corrected chi connectivity index (χ2v) is 13.2. The molecular weight excluding hydrogens is 540 g/mol. The van der Waals surface area contributed by atoms with Crippen molar-refractivity contribution in [3.63, 3.8) is 0 Å². The molecule has 0 amide bonds. The van der Waals surface area contributed by atoms with Crippen molar-refractivity contribution >= 4 is 11.8 Å². The fourth-order valence-corrected chi connectivity index (χ4v) is 6.04. The van der Waals surface area contributed by atoms with Crippen molar-refractivity contribution in [1.82, 2.24) is 4.90 Å². The summed E-state index contributed by atoms with van der Waals surface area (Å²) in [5.74, 6) is 1.20. The van der Waals surface area contributed by atoms with Crippen LogP contribution in [-0.4, -0.2) is 42.9 Å². The summed E-state index contributed by atoms with van der Waals surface area (Å²) in [4.78, 5) is 19.2. The zero-order chi connectivity index (χ0) is 31.6. The molecule has 0 unspecified atom stereocenters. The van der Waals surface area contributed by atoms with E-state index in [1.165, 1.54) is 160 Å². The standard InChI is InChI=1S/C40H74N2O2/c1-3-5-7-9-11-13-15-17-19-21-23-25-27-29-31-33-39-41-35-36-42(39)37-38-44-40(43)34-32-30-28-26-24-22-20-18-16-14-12-10-8-6-4-2/h17-20H,3-16,21-38H2,1-2H3/b19-17-,20-18-. The molecule has 4 nitrogen and oxygen atoms in total. The van der Waals surface area contributed by atoms with Gasteiger partial charge in [-0.2, -0.15) is 0 Å². The third-order valence-corrected chi connectivity index (χ3v) is 8.96. The predicted molar refractivity (Wildman–Crippen MR) is 194 cm³/mol. The largest absolute Gasteiger partial charge is 0.464 e. The van der Waals surface area contributed by atoms with Crippen LogP contribution in [0.1, 0.15) is 194 Å². The van der Waals surface area contributed by atoms with Crippen LogP contribution in [0.15, 0.2) is 29.3 Å². The smallest absolute Gasteiger partial charge is 0.305 e. The third-order valence-electron chi connectivity index (χ3n) is 8.96. The number of rotatable bonds is 33. The monoisotopic (exact) mass is 615 g/mol. The van der Waals surface area contributed by atoms with Crippen LogP contribution in [0.5, 0.6) is 0 Å². The fraction of sp³-hybridized carbons (Fsp3) is 0.850. The van der Waals surface area contributed by atoms with Crippen molar-refractivity contribution in [1.29, 1.82) is 0 Å². The van der Waals surface area contributed by atoms with Gasteiger partial charge in [0.05, 0.1) is 18.9 Å². The van der Waals surface area contributed by atoms with Crippen LogP contribution in [0, 0.1) is 0 Å². The summed E-state index contributed by atoms with van der Waals surface area (Å²) >= 11 is 0. The molecule has 4 heteroatoms. The van der Waals surface area contributed by atoms with E-state index in [-0.39, 0.29) is 5.97 Å². The van der Waals surface area contributed by atoms with Crippen LogP contribution in [0.4, 0.5) is 0 Å². The number of esters is 1. The molecule has 0 aromatic carbocycles. The maximum atomic E-state index is 12.2. The summed E-state index contributed by atoms with van der Waals surface area (Å²) in [5, 5.41) is 0. The number of hydrogen-bond acceptors (Lipinski definition) is 4. The maximum Gasteiger partial charge on any atom is 0.305 e. The lowest BCUT2D eigenvalue weighted by atomic mass is 10.1. The minimum atomic E-state index is -0.0300. The van der Waals surface area contributed by atoms with Crippen LogP contribution in [0.2, 0.25) is 0 Å². The summed E-state index contributed by atoms with van der Waals surface area (Å²) in [7, 11) is 0. The van der Waals surface area contributed by atoms with Gasteiger partial charge < -0.3 is 9.64 Å². The zero-order valence-electron chi connectivity index (χ0n) is 29.6. The van der Waals surface area contributed by atoms with Gasteiger partial charge in [-0.25, -0.2) is 0 Å². The maximum absolute atomic E-state index is 12.2. The number of allylic oxidation sites excluding steroid dienone is 4. The molecule has 1 heterocycles. The molecule has 0 bridgehead atoms. The lowest BCUT2D eigenvalue weighted by Crippen LogP contribution is -2.31. The van der Waals surface area contributed by atoms with Gasteiger partial charge in [-0.1, -0.05) is 141 Å². The highest BCUT2D eigenvalue weighted by Gasteiger charge is 2.16.